The number of hydrogen-bond donors (Lipinski definition) is 3. The van der Waals surface area contributed by atoms with Crippen molar-refractivity contribution < 1.29 is 18.3 Å². The first-order valence-electron chi connectivity index (χ1n) is 8.91. The number of carbonyl (C=O) groups is 1. The van der Waals surface area contributed by atoms with Gasteiger partial charge in [-0.3, -0.25) is 4.79 Å². The summed E-state index contributed by atoms with van der Waals surface area (Å²) in [5.74, 6) is -0.896. The first-order valence-corrected chi connectivity index (χ1v) is 9.90. The fourth-order valence-electron chi connectivity index (χ4n) is 3.69. The van der Waals surface area contributed by atoms with Gasteiger partial charge in [-0.05, 0) is 30.3 Å². The van der Waals surface area contributed by atoms with Gasteiger partial charge in [0.15, 0.2) is 5.17 Å². The first-order chi connectivity index (χ1) is 13.9. The van der Waals surface area contributed by atoms with Crippen molar-refractivity contribution in [1.82, 2.24) is 4.98 Å². The maximum absolute atomic E-state index is 14.8. The lowest BCUT2D eigenvalue weighted by molar-refractivity contribution is 0.0721. The number of rotatable bonds is 4. The fourth-order valence-corrected chi connectivity index (χ4v) is 4.76. The molecule has 4 rings (SSSR count). The number of aliphatic imine (C=N–C) groups is 1. The Bertz CT molecular complexity index is 972. The van der Waals surface area contributed by atoms with Crippen LogP contribution in [0.25, 0.3) is 0 Å². The second kappa shape index (κ2) is 7.60. The molecule has 3 heterocycles. The van der Waals surface area contributed by atoms with E-state index >= 15 is 0 Å². The third-order valence-electron chi connectivity index (χ3n) is 5.16. The minimum Gasteiger partial charge on any atom is -0.397 e. The molecule has 29 heavy (non-hydrogen) atoms. The fraction of sp³-hybridized carbons (Fsp3) is 0.316. The summed E-state index contributed by atoms with van der Waals surface area (Å²) in [4.78, 5) is 20.9. The molecule has 0 saturated carbocycles. The molecule has 2 unspecified atom stereocenters. The Kier molecular flexibility index (Phi) is 5.13. The zero-order valence-electron chi connectivity index (χ0n) is 15.3. The van der Waals surface area contributed by atoms with Crippen molar-refractivity contribution in [2.45, 2.75) is 11.6 Å². The van der Waals surface area contributed by atoms with E-state index in [1.807, 2.05) is 0 Å². The van der Waals surface area contributed by atoms with Crippen LogP contribution >= 0.6 is 11.8 Å². The van der Waals surface area contributed by atoms with E-state index < -0.39 is 30.0 Å². The molecular formula is C19H19F2N5O2S. The van der Waals surface area contributed by atoms with Crippen molar-refractivity contribution in [2.24, 2.45) is 16.6 Å². The van der Waals surface area contributed by atoms with Crippen molar-refractivity contribution in [3.05, 3.63) is 53.6 Å². The van der Waals surface area contributed by atoms with Crippen molar-refractivity contribution in [3.63, 3.8) is 0 Å². The number of nitrogens with zero attached hydrogens (tertiary/aromatic N) is 2. The molecule has 0 radical (unpaired) electrons. The van der Waals surface area contributed by atoms with Crippen LogP contribution in [0.4, 0.5) is 20.2 Å². The van der Waals surface area contributed by atoms with Gasteiger partial charge in [0.05, 0.1) is 24.6 Å². The molecular weight excluding hydrogens is 400 g/mol. The Labute approximate surface area is 169 Å². The summed E-state index contributed by atoms with van der Waals surface area (Å²) in [7, 11) is 0. The maximum atomic E-state index is 14.8. The van der Waals surface area contributed by atoms with Gasteiger partial charge in [0.2, 0.25) is 0 Å². The molecule has 152 valence electrons. The zero-order chi connectivity index (χ0) is 20.6. The van der Waals surface area contributed by atoms with E-state index in [0.29, 0.717) is 22.3 Å². The van der Waals surface area contributed by atoms with Gasteiger partial charge in [-0.1, -0.05) is 11.8 Å². The molecule has 2 aliphatic rings. The van der Waals surface area contributed by atoms with Crippen molar-refractivity contribution >= 4 is 34.2 Å². The number of aromatic nitrogens is 1. The number of pyridine rings is 1. The highest BCUT2D eigenvalue weighted by Crippen LogP contribution is 2.48. The molecule has 0 bridgehead atoms. The predicted molar refractivity (Wildman–Crippen MR) is 108 cm³/mol. The summed E-state index contributed by atoms with van der Waals surface area (Å²) in [6.45, 7) is -0.676. The number of amides is 1. The average Bonchev–Trinajstić information content (AvgIpc) is 3.08. The number of fused-ring (bicyclic) bond motifs is 1. The Morgan fingerprint density at radius 1 is 1.34 bits per heavy atom. The number of halogens is 2. The highest BCUT2D eigenvalue weighted by molar-refractivity contribution is 8.13. The van der Waals surface area contributed by atoms with E-state index in [4.69, 9.17) is 16.2 Å². The van der Waals surface area contributed by atoms with E-state index in [1.165, 1.54) is 42.2 Å². The number of alkyl halides is 1. The molecule has 10 heteroatoms. The molecule has 2 aromatic rings. The predicted octanol–water partition coefficient (Wildman–Crippen LogP) is 2.30. The molecule has 0 spiro atoms. The number of nitrogens with two attached hydrogens (primary N) is 2. The van der Waals surface area contributed by atoms with Crippen molar-refractivity contribution in [3.8, 4) is 0 Å². The monoisotopic (exact) mass is 419 g/mol. The van der Waals surface area contributed by atoms with Crippen LogP contribution in [0.3, 0.4) is 0 Å². The summed E-state index contributed by atoms with van der Waals surface area (Å²) in [6.07, 6.45) is 0.689. The molecule has 1 amide bonds. The third kappa shape index (κ3) is 3.53. The zero-order valence-corrected chi connectivity index (χ0v) is 16.1. The number of anilines is 2. The number of benzene rings is 1. The minimum atomic E-state index is -1.13. The van der Waals surface area contributed by atoms with Crippen LogP contribution in [0.15, 0.2) is 41.5 Å². The van der Waals surface area contributed by atoms with Gasteiger partial charge in [0, 0.05) is 22.9 Å². The average molecular weight is 419 g/mol. The largest absolute Gasteiger partial charge is 0.397 e. The summed E-state index contributed by atoms with van der Waals surface area (Å²) < 4.78 is 33.9. The number of nitrogen functional groups attached to an aromatic ring is 1. The topological polar surface area (TPSA) is 116 Å². The third-order valence-corrected chi connectivity index (χ3v) is 6.07. The van der Waals surface area contributed by atoms with Gasteiger partial charge >= 0.3 is 0 Å². The van der Waals surface area contributed by atoms with Gasteiger partial charge in [-0.15, -0.1) is 0 Å². The lowest BCUT2D eigenvalue weighted by Gasteiger charge is -2.35. The molecule has 5 N–H and O–H groups in total. The van der Waals surface area contributed by atoms with Gasteiger partial charge < -0.3 is 21.5 Å². The summed E-state index contributed by atoms with van der Waals surface area (Å²) in [6, 6.07) is 7.22. The van der Waals surface area contributed by atoms with Crippen molar-refractivity contribution in [1.29, 1.82) is 0 Å². The first kappa shape index (κ1) is 19.6. The SMILES string of the molecule is NC1=NC2(c3cc(NC(=O)c4ccc(N)cn4)ccc3F)CO[C@H](CF)C2CS1. The summed E-state index contributed by atoms with van der Waals surface area (Å²) >= 11 is 1.30. The van der Waals surface area contributed by atoms with Crippen molar-refractivity contribution in [2.75, 3.05) is 30.1 Å². The van der Waals surface area contributed by atoms with Gasteiger partial charge in [-0.2, -0.15) is 0 Å². The molecule has 1 fully saturated rings. The van der Waals surface area contributed by atoms with E-state index in [-0.39, 0.29) is 23.8 Å². The lowest BCUT2D eigenvalue weighted by Crippen LogP contribution is -2.42. The van der Waals surface area contributed by atoms with E-state index in [9.17, 15) is 13.6 Å². The minimum absolute atomic E-state index is 0.0152. The molecule has 1 aromatic carbocycles. The molecule has 1 saturated heterocycles. The van der Waals surface area contributed by atoms with E-state index in [0.717, 1.165) is 0 Å². The van der Waals surface area contributed by atoms with Crippen LogP contribution in [0, 0.1) is 11.7 Å². The van der Waals surface area contributed by atoms with Crippen LogP contribution < -0.4 is 16.8 Å². The van der Waals surface area contributed by atoms with Crippen LogP contribution in [0.1, 0.15) is 16.1 Å². The highest BCUT2D eigenvalue weighted by Gasteiger charge is 2.54. The highest BCUT2D eigenvalue weighted by atomic mass is 32.2. The lowest BCUT2D eigenvalue weighted by atomic mass is 9.79. The van der Waals surface area contributed by atoms with Crippen LogP contribution in [-0.4, -0.2) is 41.2 Å². The molecule has 7 nitrogen and oxygen atoms in total. The van der Waals surface area contributed by atoms with Crippen LogP contribution in [0.2, 0.25) is 0 Å². The Morgan fingerprint density at radius 2 is 2.17 bits per heavy atom. The Balaban J connectivity index is 1.68. The van der Waals surface area contributed by atoms with Crippen LogP contribution in [0.5, 0.6) is 0 Å². The van der Waals surface area contributed by atoms with Gasteiger partial charge in [0.1, 0.15) is 23.7 Å². The molecule has 0 aliphatic carbocycles. The molecule has 2 aliphatic heterocycles. The van der Waals surface area contributed by atoms with Crippen LogP contribution in [-0.2, 0) is 10.3 Å². The van der Waals surface area contributed by atoms with Gasteiger partial charge in [-0.25, -0.2) is 18.8 Å². The van der Waals surface area contributed by atoms with E-state index in [2.05, 4.69) is 15.3 Å². The molecule has 1 aromatic heterocycles. The number of hydrogen-bond acceptors (Lipinski definition) is 7. The van der Waals surface area contributed by atoms with Gasteiger partial charge in [0.25, 0.3) is 5.91 Å². The maximum Gasteiger partial charge on any atom is 0.274 e. The summed E-state index contributed by atoms with van der Waals surface area (Å²) in [5.41, 5.74) is 11.5. The quantitative estimate of drug-likeness (QED) is 0.700. The Morgan fingerprint density at radius 3 is 2.90 bits per heavy atom. The smallest absolute Gasteiger partial charge is 0.274 e. The normalized spacial score (nSPS) is 25.9. The van der Waals surface area contributed by atoms with E-state index in [1.54, 1.807) is 6.07 Å². The summed E-state index contributed by atoms with van der Waals surface area (Å²) in [5, 5.41) is 2.98. The number of carbonyl (C=O) groups excluding carboxylic acids is 1. The number of thioether (sulfide) groups is 1. The Hall–Kier alpha value is -2.72. The number of amidine groups is 1. The molecule has 3 atom stereocenters. The second-order valence-corrected chi connectivity index (χ2v) is 7.96. The number of nitrogens with one attached hydrogen (secondary N) is 1. The standard InChI is InChI=1S/C19H19F2N5O2S/c20-6-16-13-8-29-18(23)26-19(13,9-28-16)12-5-11(2-3-14(12)21)25-17(27)15-4-1-10(22)7-24-15/h1-5,7,13,16H,6,8-9,22H2,(H2,23,26)(H,25,27)/t13?,16-,19?/m1/s1. The number of ether oxygens (including phenoxy) is 1. The second-order valence-electron chi connectivity index (χ2n) is 6.92.